The third-order valence-electron chi connectivity index (χ3n) is 3.02. The minimum atomic E-state index is 1.16. The molecule has 0 aromatic heterocycles. The maximum atomic E-state index is 2.31. The normalized spacial score (nSPS) is 10.5. The number of hydrogen-bond donors (Lipinski definition) is 0. The Morgan fingerprint density at radius 3 is 1.85 bits per heavy atom. The molecule has 0 heterocycles. The zero-order valence-electron chi connectivity index (χ0n) is 9.49. The maximum Gasteiger partial charge on any atom is -0.0302 e. The van der Waals surface area contributed by atoms with Crippen LogP contribution >= 0.6 is 0 Å². The minimum absolute atomic E-state index is 1.16. The minimum Gasteiger partial charge on any atom is -0.0613 e. The molecule has 1 aromatic rings. The highest BCUT2D eigenvalue weighted by Crippen LogP contribution is 2.23. The van der Waals surface area contributed by atoms with Gasteiger partial charge in [0.15, 0.2) is 0 Å². The molecule has 72 valence electrons. The molecule has 0 saturated heterocycles. The van der Waals surface area contributed by atoms with Gasteiger partial charge in [0.25, 0.3) is 0 Å². The molecule has 0 bridgehead atoms. The molecular formula is C13H20. The first-order chi connectivity index (χ1) is 6.11. The summed E-state index contributed by atoms with van der Waals surface area (Å²) in [6, 6.07) is 2.31. The van der Waals surface area contributed by atoms with E-state index >= 15 is 0 Å². The fourth-order valence-corrected chi connectivity index (χ4v) is 2.19. The van der Waals surface area contributed by atoms with E-state index in [1.54, 1.807) is 11.1 Å². The largest absolute Gasteiger partial charge is 0.0613 e. The predicted octanol–water partition coefficient (Wildman–Crippen LogP) is 3.74. The van der Waals surface area contributed by atoms with Crippen LogP contribution < -0.4 is 0 Å². The van der Waals surface area contributed by atoms with Gasteiger partial charge >= 0.3 is 0 Å². The van der Waals surface area contributed by atoms with Crippen LogP contribution in [0.3, 0.4) is 0 Å². The molecule has 0 unspecified atom stereocenters. The van der Waals surface area contributed by atoms with Crippen molar-refractivity contribution in [3.8, 4) is 0 Å². The first-order valence-electron chi connectivity index (χ1n) is 5.20. The van der Waals surface area contributed by atoms with E-state index in [0.717, 1.165) is 12.8 Å². The Hall–Kier alpha value is -0.780. The third kappa shape index (κ3) is 1.77. The van der Waals surface area contributed by atoms with Crippen LogP contribution in [-0.4, -0.2) is 0 Å². The lowest BCUT2D eigenvalue weighted by molar-refractivity contribution is 0.991. The van der Waals surface area contributed by atoms with Gasteiger partial charge in [0.05, 0.1) is 0 Å². The van der Waals surface area contributed by atoms with E-state index in [9.17, 15) is 0 Å². The van der Waals surface area contributed by atoms with Crippen molar-refractivity contribution in [2.75, 3.05) is 0 Å². The van der Waals surface area contributed by atoms with Crippen molar-refractivity contribution in [3.05, 3.63) is 33.9 Å². The summed E-state index contributed by atoms with van der Waals surface area (Å²) in [7, 11) is 0. The van der Waals surface area contributed by atoms with E-state index in [1.165, 1.54) is 16.7 Å². The summed E-state index contributed by atoms with van der Waals surface area (Å²) >= 11 is 0. The Morgan fingerprint density at radius 1 is 0.846 bits per heavy atom. The first kappa shape index (κ1) is 10.3. The van der Waals surface area contributed by atoms with E-state index in [1.807, 2.05) is 0 Å². The Balaban J connectivity index is 3.41. The van der Waals surface area contributed by atoms with Crippen LogP contribution in [0.2, 0.25) is 0 Å². The zero-order chi connectivity index (χ0) is 10.0. The van der Waals surface area contributed by atoms with E-state index < -0.39 is 0 Å². The SMILES string of the molecule is CCc1c(C)cc(C)c(C)c1CC. The number of hydrogen-bond acceptors (Lipinski definition) is 0. The van der Waals surface area contributed by atoms with Gasteiger partial charge in [-0.2, -0.15) is 0 Å². The lowest BCUT2D eigenvalue weighted by atomic mass is 9.91. The highest BCUT2D eigenvalue weighted by molar-refractivity contribution is 5.44. The molecule has 0 aliphatic heterocycles. The lowest BCUT2D eigenvalue weighted by Gasteiger charge is -2.15. The van der Waals surface area contributed by atoms with Gasteiger partial charge in [-0.1, -0.05) is 19.9 Å². The van der Waals surface area contributed by atoms with Crippen molar-refractivity contribution in [1.29, 1.82) is 0 Å². The maximum absolute atomic E-state index is 2.31. The van der Waals surface area contributed by atoms with Crippen molar-refractivity contribution in [1.82, 2.24) is 0 Å². The van der Waals surface area contributed by atoms with Crippen LogP contribution in [0.15, 0.2) is 6.07 Å². The molecule has 0 N–H and O–H groups in total. The molecule has 0 heteroatoms. The lowest BCUT2D eigenvalue weighted by Crippen LogP contribution is -2.00. The van der Waals surface area contributed by atoms with Crippen molar-refractivity contribution in [2.45, 2.75) is 47.5 Å². The van der Waals surface area contributed by atoms with Crippen LogP contribution in [0.5, 0.6) is 0 Å². The highest BCUT2D eigenvalue weighted by Gasteiger charge is 2.07. The van der Waals surface area contributed by atoms with Crippen LogP contribution in [-0.2, 0) is 12.8 Å². The molecule has 13 heavy (non-hydrogen) atoms. The Bertz CT molecular complexity index is 308. The Labute approximate surface area is 82.0 Å². The van der Waals surface area contributed by atoms with Crippen molar-refractivity contribution in [3.63, 3.8) is 0 Å². The second-order valence-electron chi connectivity index (χ2n) is 3.80. The molecule has 0 radical (unpaired) electrons. The topological polar surface area (TPSA) is 0 Å². The number of benzene rings is 1. The molecule has 0 aliphatic carbocycles. The summed E-state index contributed by atoms with van der Waals surface area (Å²) in [5.74, 6) is 0. The molecular weight excluding hydrogens is 156 g/mol. The molecule has 0 aliphatic rings. The van der Waals surface area contributed by atoms with Gasteiger partial charge in [0, 0.05) is 0 Å². The van der Waals surface area contributed by atoms with Gasteiger partial charge < -0.3 is 0 Å². The first-order valence-corrected chi connectivity index (χ1v) is 5.20. The van der Waals surface area contributed by atoms with Gasteiger partial charge in [-0.3, -0.25) is 0 Å². The molecule has 0 atom stereocenters. The van der Waals surface area contributed by atoms with Crippen molar-refractivity contribution in [2.24, 2.45) is 0 Å². The number of aryl methyl sites for hydroxylation is 2. The molecule has 1 aromatic carbocycles. The van der Waals surface area contributed by atoms with Gasteiger partial charge in [0.2, 0.25) is 0 Å². The summed E-state index contributed by atoms with van der Waals surface area (Å²) < 4.78 is 0. The third-order valence-corrected chi connectivity index (χ3v) is 3.02. The average Bonchev–Trinajstić information content (AvgIpc) is 2.10. The van der Waals surface area contributed by atoms with Gasteiger partial charge in [0.1, 0.15) is 0 Å². The molecule has 0 spiro atoms. The standard InChI is InChI=1S/C13H20/c1-6-12-10(4)8-9(3)11(5)13(12)7-2/h8H,6-7H2,1-5H3. The van der Waals surface area contributed by atoms with E-state index in [4.69, 9.17) is 0 Å². The smallest absolute Gasteiger partial charge is 0.0302 e. The molecule has 1 rings (SSSR count). The molecule has 0 fully saturated rings. The number of rotatable bonds is 2. The van der Waals surface area contributed by atoms with E-state index in [0.29, 0.717) is 0 Å². The fraction of sp³-hybridized carbons (Fsp3) is 0.538. The Morgan fingerprint density at radius 2 is 1.38 bits per heavy atom. The summed E-state index contributed by atoms with van der Waals surface area (Å²) in [5, 5.41) is 0. The summed E-state index contributed by atoms with van der Waals surface area (Å²) in [5.41, 5.74) is 7.52. The summed E-state index contributed by atoms with van der Waals surface area (Å²) in [4.78, 5) is 0. The summed E-state index contributed by atoms with van der Waals surface area (Å²) in [6.07, 6.45) is 2.33. The molecule has 0 saturated carbocycles. The highest BCUT2D eigenvalue weighted by atomic mass is 14.1. The van der Waals surface area contributed by atoms with Crippen LogP contribution in [0.4, 0.5) is 0 Å². The predicted molar refractivity (Wildman–Crippen MR) is 59.4 cm³/mol. The second-order valence-corrected chi connectivity index (χ2v) is 3.80. The van der Waals surface area contributed by atoms with Crippen LogP contribution in [0.25, 0.3) is 0 Å². The van der Waals surface area contributed by atoms with Gasteiger partial charge in [-0.25, -0.2) is 0 Å². The fourth-order valence-electron chi connectivity index (χ4n) is 2.19. The molecule has 0 amide bonds. The van der Waals surface area contributed by atoms with Crippen LogP contribution in [0, 0.1) is 20.8 Å². The van der Waals surface area contributed by atoms with Gasteiger partial charge in [-0.05, 0) is 61.4 Å². The monoisotopic (exact) mass is 176 g/mol. The average molecular weight is 176 g/mol. The van der Waals surface area contributed by atoms with Gasteiger partial charge in [-0.15, -0.1) is 0 Å². The summed E-state index contributed by atoms with van der Waals surface area (Å²) in [6.45, 7) is 11.2. The quantitative estimate of drug-likeness (QED) is 0.644. The van der Waals surface area contributed by atoms with Crippen molar-refractivity contribution < 1.29 is 0 Å². The van der Waals surface area contributed by atoms with Crippen molar-refractivity contribution >= 4 is 0 Å². The second kappa shape index (κ2) is 3.95. The molecule has 0 nitrogen and oxygen atoms in total. The zero-order valence-corrected chi connectivity index (χ0v) is 9.49. The Kier molecular flexibility index (Phi) is 3.13. The van der Waals surface area contributed by atoms with Crippen LogP contribution in [0.1, 0.15) is 41.7 Å². The van der Waals surface area contributed by atoms with E-state index in [-0.39, 0.29) is 0 Å². The van der Waals surface area contributed by atoms with E-state index in [2.05, 4.69) is 40.7 Å².